The second kappa shape index (κ2) is 26.8. The predicted octanol–water partition coefficient (Wildman–Crippen LogP) is -1.40. The third-order valence-corrected chi connectivity index (χ3v) is 13.2. The van der Waals surface area contributed by atoms with Crippen LogP contribution < -0.4 is 36.6 Å². The van der Waals surface area contributed by atoms with Gasteiger partial charge in [0, 0.05) is 19.5 Å². The summed E-state index contributed by atoms with van der Waals surface area (Å²) in [6, 6.07) is 3.76. The van der Waals surface area contributed by atoms with Crippen molar-refractivity contribution in [3.8, 4) is 5.75 Å². The zero-order valence-corrected chi connectivity index (χ0v) is 43.0. The number of aliphatic hydroxyl groups excluding tert-OH is 3. The van der Waals surface area contributed by atoms with E-state index in [4.69, 9.17) is 14.2 Å². The Bertz CT molecular complexity index is 2350. The van der Waals surface area contributed by atoms with Gasteiger partial charge in [-0.3, -0.25) is 38.4 Å². The van der Waals surface area contributed by atoms with Gasteiger partial charge < -0.3 is 71.4 Å². The van der Waals surface area contributed by atoms with Gasteiger partial charge in [-0.1, -0.05) is 83.5 Å². The number of benzene rings is 2. The summed E-state index contributed by atoms with van der Waals surface area (Å²) in [5, 5.41) is 58.3. The van der Waals surface area contributed by atoms with Crippen LogP contribution in [0.2, 0.25) is 0 Å². The third kappa shape index (κ3) is 15.8. The number of carbonyl (C=O) groups is 9. The van der Waals surface area contributed by atoms with Crippen molar-refractivity contribution in [1.82, 2.24) is 36.8 Å². The number of carbonyl (C=O) groups excluding carboxylic acids is 9. The molecule has 13 atom stereocenters. The number of nitrogens with one attached hydrogen (secondary N) is 6. The number of esters is 2. The van der Waals surface area contributed by atoms with Gasteiger partial charge in [-0.25, -0.2) is 4.79 Å². The largest absolute Gasteiger partial charge is 0.487 e. The molecule has 3 aliphatic heterocycles. The zero-order valence-electron chi connectivity index (χ0n) is 43.0. The molecule has 406 valence electrons. The first kappa shape index (κ1) is 59.6. The number of hydrogen-bond donors (Lipinski definition) is 10. The highest BCUT2D eigenvalue weighted by molar-refractivity contribution is 5.98. The molecule has 74 heavy (non-hydrogen) atoms. The van der Waals surface area contributed by atoms with Gasteiger partial charge >= 0.3 is 11.9 Å². The van der Waals surface area contributed by atoms with Gasteiger partial charge in [-0.2, -0.15) is 0 Å². The predicted molar refractivity (Wildman–Crippen MR) is 264 cm³/mol. The molecule has 7 amide bonds. The van der Waals surface area contributed by atoms with Crippen LogP contribution in [0.3, 0.4) is 0 Å². The standard InChI is InChI=1S/C51H71N7O16/c1-10-27(4)39-46(66)57-42-33-16-18-34(19-17-33)74-31(8)51(71,25-59)21-20-37(61)52-23-38(62)72-24-35(50(70)73-30(7)41(48(68)54-39)56-44(64)28(5)43(63)26(2)3)53-47(67)40(29(6)60)55-45(65)36(58(9)49(42)69)22-32-14-12-11-13-15-32/h11-21,26-31,35-36,39-43,59-60,63,71H,10,22-25H2,1-9H3,(H,52,61)(H,53,67)(H,54,68)(H,55,65)(H,56,64)(H,57,66)/b21-20+/t27-,28+,29+,30+,31+,35-,36-,39+,40+,41-,42?,43+,51-/m0/s1. The minimum Gasteiger partial charge on any atom is -0.487 e. The lowest BCUT2D eigenvalue weighted by Crippen LogP contribution is -2.61. The molecule has 0 radical (unpaired) electrons. The van der Waals surface area contributed by atoms with E-state index in [9.17, 15) is 58.8 Å². The summed E-state index contributed by atoms with van der Waals surface area (Å²) in [5.74, 6) is -11.6. The fourth-order valence-electron chi connectivity index (χ4n) is 7.92. The lowest BCUT2D eigenvalue weighted by atomic mass is 9.93. The molecular weight excluding hydrogens is 967 g/mol. The van der Waals surface area contributed by atoms with E-state index in [1.807, 2.05) is 0 Å². The van der Waals surface area contributed by atoms with Crippen LogP contribution in [0.15, 0.2) is 66.7 Å². The normalized spacial score (nSPS) is 28.5. The first-order chi connectivity index (χ1) is 34.8. The molecule has 2 aromatic carbocycles. The number of fused-ring (bicyclic) bond motifs is 11. The van der Waals surface area contributed by atoms with Crippen molar-refractivity contribution in [2.75, 3.05) is 26.8 Å². The molecule has 23 nitrogen and oxygen atoms in total. The van der Waals surface area contributed by atoms with Crippen molar-refractivity contribution in [3.05, 3.63) is 77.9 Å². The molecule has 0 aromatic heterocycles. The summed E-state index contributed by atoms with van der Waals surface area (Å²) in [7, 11) is 1.28. The monoisotopic (exact) mass is 1040 g/mol. The Labute approximate surface area is 429 Å². The van der Waals surface area contributed by atoms with Crippen LogP contribution in [0.5, 0.6) is 5.75 Å². The molecular formula is C51H71N7O16. The molecule has 1 saturated heterocycles. The molecule has 23 heteroatoms. The molecule has 3 aliphatic rings. The molecule has 10 N–H and O–H groups in total. The summed E-state index contributed by atoms with van der Waals surface area (Å²) >= 11 is 0. The zero-order chi connectivity index (χ0) is 55.2. The Morgan fingerprint density at radius 2 is 1.45 bits per heavy atom. The number of nitrogens with zero attached hydrogens (tertiary/aromatic N) is 1. The van der Waals surface area contributed by atoms with Crippen LogP contribution in [0.1, 0.15) is 79.0 Å². The second-order valence-corrected chi connectivity index (χ2v) is 19.1. The van der Waals surface area contributed by atoms with Crippen LogP contribution in [0.4, 0.5) is 0 Å². The topological polar surface area (TPSA) is 338 Å². The van der Waals surface area contributed by atoms with Gasteiger partial charge in [-0.15, -0.1) is 0 Å². The SMILES string of the molecule is CC[C@H](C)[C@H]1NC(=O)[C@@H](NC(=O)[C@H](C)[C@H](O)C(C)C)[C@@H](C)OC(=O)[C@@H]2COC(=O)CNC(=O)/C=C/[C@](O)(CO)[C@@H](C)Oc3ccc(cc3)C(NC1=O)C(=O)N(C)[C@@H](Cc1ccccc1)C(=O)N[C@H]([C@@H](C)O)C(=O)N2. The fourth-order valence-corrected chi connectivity index (χ4v) is 7.92. The number of hydrogen-bond acceptors (Lipinski definition) is 16. The maximum Gasteiger partial charge on any atom is 0.332 e. The third-order valence-electron chi connectivity index (χ3n) is 13.2. The molecule has 0 saturated carbocycles. The van der Waals surface area contributed by atoms with Gasteiger partial charge in [-0.05, 0) is 61.9 Å². The summed E-state index contributed by atoms with van der Waals surface area (Å²) < 4.78 is 16.9. The summed E-state index contributed by atoms with van der Waals surface area (Å²) in [6.07, 6.45) is -3.96. The number of ether oxygens (including phenoxy) is 3. The number of rotatable bonds is 10. The number of aliphatic hydroxyl groups is 4. The number of likely N-dealkylation sites (N-methyl/N-ethyl adjacent to an activating group) is 1. The molecule has 3 heterocycles. The Kier molecular flexibility index (Phi) is 21.6. The highest BCUT2D eigenvalue weighted by Crippen LogP contribution is 2.26. The van der Waals surface area contributed by atoms with Crippen LogP contribution in [-0.4, -0.2) is 166 Å². The van der Waals surface area contributed by atoms with Gasteiger partial charge in [0.1, 0.15) is 66.9 Å². The maximum absolute atomic E-state index is 15.1. The van der Waals surface area contributed by atoms with Crippen molar-refractivity contribution < 1.29 is 77.8 Å². The van der Waals surface area contributed by atoms with Crippen LogP contribution >= 0.6 is 0 Å². The minimum atomic E-state index is -2.19. The van der Waals surface area contributed by atoms with Crippen molar-refractivity contribution in [1.29, 1.82) is 0 Å². The highest BCUT2D eigenvalue weighted by Gasteiger charge is 2.42. The first-order valence-corrected chi connectivity index (χ1v) is 24.4. The maximum atomic E-state index is 15.1. The van der Waals surface area contributed by atoms with Crippen LogP contribution in [0.25, 0.3) is 0 Å². The molecule has 4 bridgehead atoms. The lowest BCUT2D eigenvalue weighted by Gasteiger charge is -2.34. The molecule has 5 rings (SSSR count). The second-order valence-electron chi connectivity index (χ2n) is 19.1. The number of cyclic esters (lactones) is 1. The van der Waals surface area contributed by atoms with E-state index in [-0.39, 0.29) is 24.2 Å². The van der Waals surface area contributed by atoms with Crippen LogP contribution in [-0.2, 0) is 59.0 Å². The van der Waals surface area contributed by atoms with Crippen molar-refractivity contribution in [2.24, 2.45) is 17.8 Å². The van der Waals surface area contributed by atoms with Crippen LogP contribution in [0, 0.1) is 17.8 Å². The Balaban J connectivity index is 2.03. The minimum absolute atomic E-state index is 0.0801. The van der Waals surface area contributed by atoms with Gasteiger partial charge in [0.2, 0.25) is 41.4 Å². The molecule has 1 unspecified atom stereocenters. The van der Waals surface area contributed by atoms with E-state index in [2.05, 4.69) is 31.9 Å². The number of amides is 7. The van der Waals surface area contributed by atoms with E-state index in [0.29, 0.717) is 5.56 Å². The van der Waals surface area contributed by atoms with Crippen molar-refractivity contribution in [2.45, 2.75) is 134 Å². The van der Waals surface area contributed by atoms with E-state index in [1.165, 1.54) is 52.1 Å². The summed E-state index contributed by atoms with van der Waals surface area (Å²) in [5.41, 5.74) is -1.53. The van der Waals surface area contributed by atoms with Crippen molar-refractivity contribution in [3.63, 3.8) is 0 Å². The Hall–Kier alpha value is -6.95. The van der Waals surface area contributed by atoms with Gasteiger partial charge in [0.05, 0.1) is 24.7 Å². The van der Waals surface area contributed by atoms with E-state index >= 15 is 4.79 Å². The molecule has 0 spiro atoms. The molecule has 2 aromatic rings. The average molecular weight is 1040 g/mol. The van der Waals surface area contributed by atoms with E-state index < -0.39 is 157 Å². The quantitative estimate of drug-likeness (QED) is 0.122. The highest BCUT2D eigenvalue weighted by atomic mass is 16.6. The fraction of sp³-hybridized carbons (Fsp3) is 0.549. The van der Waals surface area contributed by atoms with Crippen molar-refractivity contribution >= 4 is 53.3 Å². The Morgan fingerprint density at radius 1 is 0.824 bits per heavy atom. The summed E-state index contributed by atoms with van der Waals surface area (Å²) in [4.78, 5) is 128. The first-order valence-electron chi connectivity index (χ1n) is 24.4. The smallest absolute Gasteiger partial charge is 0.332 e. The van der Waals surface area contributed by atoms with Gasteiger partial charge in [0.15, 0.2) is 6.04 Å². The molecule has 1 fully saturated rings. The molecule has 0 aliphatic carbocycles. The average Bonchev–Trinajstić information content (AvgIpc) is 3.37. The van der Waals surface area contributed by atoms with Gasteiger partial charge in [0.25, 0.3) is 0 Å². The lowest BCUT2D eigenvalue weighted by molar-refractivity contribution is -0.160. The summed E-state index contributed by atoms with van der Waals surface area (Å²) in [6.45, 7) is 9.05. The van der Waals surface area contributed by atoms with E-state index in [1.54, 1.807) is 58.0 Å². The van der Waals surface area contributed by atoms with E-state index in [0.717, 1.165) is 24.0 Å². The Morgan fingerprint density at radius 3 is 2.04 bits per heavy atom.